The number of nitrogens with zero attached hydrogens (tertiary/aromatic N) is 2. The first-order chi connectivity index (χ1) is 3.68. The average molecular weight is 148 g/mol. The third kappa shape index (κ3) is 2.59. The van der Waals surface area contributed by atoms with Crippen molar-refractivity contribution in [2.75, 3.05) is 0 Å². The molecule has 0 unspecified atom stereocenters. The zero-order chi connectivity index (χ0) is 6.57. The molecule has 0 bridgehead atoms. The maximum atomic E-state index is 5.00. The van der Waals surface area contributed by atoms with E-state index in [1.165, 1.54) is 0 Å². The molecule has 0 saturated heterocycles. The van der Waals surface area contributed by atoms with Crippen molar-refractivity contribution in [1.29, 1.82) is 0 Å². The summed E-state index contributed by atoms with van der Waals surface area (Å²) in [5, 5.41) is 5.95. The van der Waals surface area contributed by atoms with Crippen molar-refractivity contribution in [3.05, 3.63) is 0 Å². The summed E-state index contributed by atoms with van der Waals surface area (Å²) < 4.78 is 0. The molecule has 0 rings (SSSR count). The number of nitrogens with two attached hydrogens (primary N) is 2. The molecule has 0 heterocycles. The van der Waals surface area contributed by atoms with Gasteiger partial charge in [-0.3, -0.25) is 0 Å². The Hall–Kier alpha value is -0.550. The molecule has 0 aliphatic heterocycles. The molecule has 0 atom stereocenters. The number of thiocarbonyl (C=S) groups is 2. The molecule has 0 amide bonds. The van der Waals surface area contributed by atoms with Crippen molar-refractivity contribution in [1.82, 2.24) is 5.12 Å². The van der Waals surface area contributed by atoms with E-state index in [1.54, 1.807) is 0 Å². The third-order valence-corrected chi connectivity index (χ3v) is 0.643. The minimum atomic E-state index is -0.0395. The van der Waals surface area contributed by atoms with Crippen LogP contribution in [0, 0.1) is 0 Å². The Morgan fingerprint density at radius 1 is 1.75 bits per heavy atom. The highest BCUT2D eigenvalue weighted by atomic mass is 32.1. The fourth-order valence-corrected chi connectivity index (χ4v) is 0.222. The molecule has 4 nitrogen and oxygen atoms in total. The minimum Gasteiger partial charge on any atom is -0.374 e. The lowest BCUT2D eigenvalue weighted by molar-refractivity contribution is 0.479. The second-order valence-electron chi connectivity index (χ2n) is 0.874. The van der Waals surface area contributed by atoms with Crippen molar-refractivity contribution < 1.29 is 0 Å². The smallest absolute Gasteiger partial charge is 0.203 e. The largest absolute Gasteiger partial charge is 0.374 e. The van der Waals surface area contributed by atoms with Crippen LogP contribution in [0.3, 0.4) is 0 Å². The number of rotatable bonds is 1. The standard InChI is InChI=1S/C2H4N4S2/c3-2(8)6(4)5-1-7/h4H2,(H2,3,8). The minimum absolute atomic E-state index is 0.0395. The Bertz CT molecular complexity index is 135. The van der Waals surface area contributed by atoms with Crippen molar-refractivity contribution in [3.8, 4) is 0 Å². The SMILES string of the molecule is NC(=S)N(N)N=C=S. The summed E-state index contributed by atoms with van der Waals surface area (Å²) in [5.74, 6) is 5.00. The van der Waals surface area contributed by atoms with Crippen LogP contribution in [0.25, 0.3) is 0 Å². The second-order valence-corrected chi connectivity index (χ2v) is 1.47. The number of isothiocyanates is 1. The van der Waals surface area contributed by atoms with Crippen LogP contribution in [0.2, 0.25) is 0 Å². The van der Waals surface area contributed by atoms with E-state index in [0.29, 0.717) is 0 Å². The predicted molar refractivity (Wildman–Crippen MR) is 37.8 cm³/mol. The van der Waals surface area contributed by atoms with E-state index in [1.807, 2.05) is 5.16 Å². The van der Waals surface area contributed by atoms with Gasteiger partial charge in [0.15, 0.2) is 0 Å². The van der Waals surface area contributed by atoms with Gasteiger partial charge in [0.25, 0.3) is 0 Å². The van der Waals surface area contributed by atoms with Crippen molar-refractivity contribution in [2.24, 2.45) is 16.7 Å². The van der Waals surface area contributed by atoms with Crippen LogP contribution in [0.4, 0.5) is 0 Å². The van der Waals surface area contributed by atoms with Gasteiger partial charge in [0.05, 0.1) is 5.16 Å². The topological polar surface area (TPSA) is 67.6 Å². The van der Waals surface area contributed by atoms with E-state index in [0.717, 1.165) is 5.12 Å². The molecule has 0 aliphatic carbocycles. The molecule has 6 heteroatoms. The Kier molecular flexibility index (Phi) is 3.21. The Labute approximate surface area is 57.1 Å². The fourth-order valence-electron chi connectivity index (χ4n) is 0.0933. The van der Waals surface area contributed by atoms with E-state index in [4.69, 9.17) is 11.6 Å². The number of hydrogen-bond donors (Lipinski definition) is 2. The Morgan fingerprint density at radius 3 is 2.38 bits per heavy atom. The van der Waals surface area contributed by atoms with Crippen LogP contribution < -0.4 is 11.6 Å². The summed E-state index contributed by atoms with van der Waals surface area (Å²) in [5.41, 5.74) is 4.97. The molecule has 0 aromatic heterocycles. The number of hydrazone groups is 1. The monoisotopic (exact) mass is 148 g/mol. The summed E-state index contributed by atoms with van der Waals surface area (Å²) in [4.78, 5) is 0. The maximum absolute atomic E-state index is 5.00. The fraction of sp³-hybridized carbons (Fsp3) is 0. The molecular formula is C2H4N4S2. The van der Waals surface area contributed by atoms with Gasteiger partial charge in [0.2, 0.25) is 5.11 Å². The van der Waals surface area contributed by atoms with Gasteiger partial charge < -0.3 is 5.73 Å². The lowest BCUT2D eigenvalue weighted by Gasteiger charge is -2.03. The van der Waals surface area contributed by atoms with Crippen LogP contribution in [-0.2, 0) is 0 Å². The summed E-state index contributed by atoms with van der Waals surface area (Å²) in [6.07, 6.45) is 0. The van der Waals surface area contributed by atoms with Crippen LogP contribution >= 0.6 is 24.4 Å². The molecule has 0 aromatic rings. The van der Waals surface area contributed by atoms with Crippen molar-refractivity contribution in [3.63, 3.8) is 0 Å². The van der Waals surface area contributed by atoms with Gasteiger partial charge >= 0.3 is 0 Å². The highest BCUT2D eigenvalue weighted by molar-refractivity contribution is 7.80. The molecule has 0 fully saturated rings. The molecule has 4 N–H and O–H groups in total. The molecule has 0 radical (unpaired) electrons. The van der Waals surface area contributed by atoms with Crippen LogP contribution in [0.1, 0.15) is 0 Å². The molecule has 0 spiro atoms. The molecule has 44 valence electrons. The van der Waals surface area contributed by atoms with E-state index < -0.39 is 0 Å². The molecule has 8 heavy (non-hydrogen) atoms. The molecule has 0 aliphatic rings. The van der Waals surface area contributed by atoms with Gasteiger partial charge in [-0.1, -0.05) is 5.10 Å². The Morgan fingerprint density at radius 2 is 2.25 bits per heavy atom. The average Bonchev–Trinajstić information content (AvgIpc) is 1.67. The van der Waals surface area contributed by atoms with E-state index in [2.05, 4.69) is 29.5 Å². The van der Waals surface area contributed by atoms with Gasteiger partial charge in [-0.2, -0.15) is 5.12 Å². The van der Waals surface area contributed by atoms with Crippen LogP contribution in [0.15, 0.2) is 5.10 Å². The normalized spacial score (nSPS) is 7.12. The van der Waals surface area contributed by atoms with Crippen LogP contribution in [0.5, 0.6) is 0 Å². The van der Waals surface area contributed by atoms with Crippen LogP contribution in [-0.4, -0.2) is 15.4 Å². The Balaban J connectivity index is 3.82. The van der Waals surface area contributed by atoms with Gasteiger partial charge in [0, 0.05) is 0 Å². The van der Waals surface area contributed by atoms with Gasteiger partial charge in [-0.25, -0.2) is 5.84 Å². The van der Waals surface area contributed by atoms with Gasteiger partial charge in [-0.05, 0) is 24.4 Å². The zero-order valence-corrected chi connectivity index (χ0v) is 5.50. The van der Waals surface area contributed by atoms with Gasteiger partial charge in [-0.15, -0.1) is 0 Å². The van der Waals surface area contributed by atoms with E-state index in [-0.39, 0.29) is 5.11 Å². The van der Waals surface area contributed by atoms with E-state index >= 15 is 0 Å². The first-order valence-electron chi connectivity index (χ1n) is 1.60. The van der Waals surface area contributed by atoms with Crippen molar-refractivity contribution >= 4 is 34.7 Å². The summed E-state index contributed by atoms with van der Waals surface area (Å²) in [6.45, 7) is 0. The lowest BCUT2D eigenvalue weighted by atomic mass is 11.2. The third-order valence-electron chi connectivity index (χ3n) is 0.374. The highest BCUT2D eigenvalue weighted by Crippen LogP contribution is 1.73. The lowest BCUT2D eigenvalue weighted by Crippen LogP contribution is -2.36. The molecular weight excluding hydrogens is 144 g/mol. The van der Waals surface area contributed by atoms with Gasteiger partial charge in [0.1, 0.15) is 0 Å². The first kappa shape index (κ1) is 7.45. The molecule has 0 saturated carbocycles. The predicted octanol–water partition coefficient (Wildman–Crippen LogP) is -0.576. The first-order valence-corrected chi connectivity index (χ1v) is 2.42. The summed E-state index contributed by atoms with van der Waals surface area (Å²) in [7, 11) is 0. The quantitative estimate of drug-likeness (QED) is 0.225. The molecule has 0 aromatic carbocycles. The number of hydrogen-bond acceptors (Lipinski definition) is 4. The summed E-state index contributed by atoms with van der Waals surface area (Å²) >= 11 is 8.58. The number of hydrazine groups is 1. The zero-order valence-electron chi connectivity index (χ0n) is 3.87. The van der Waals surface area contributed by atoms with Crippen molar-refractivity contribution in [2.45, 2.75) is 0 Å². The maximum Gasteiger partial charge on any atom is 0.203 e. The van der Waals surface area contributed by atoms with E-state index in [9.17, 15) is 0 Å². The summed E-state index contributed by atoms with van der Waals surface area (Å²) in [6, 6.07) is 0. The highest BCUT2D eigenvalue weighted by Gasteiger charge is 1.91. The second kappa shape index (κ2) is 3.45.